The summed E-state index contributed by atoms with van der Waals surface area (Å²) in [7, 11) is -2.22. The highest BCUT2D eigenvalue weighted by molar-refractivity contribution is 8.00. The lowest BCUT2D eigenvalue weighted by atomic mass is 10.1. The van der Waals surface area contributed by atoms with Gasteiger partial charge >= 0.3 is 0 Å². The summed E-state index contributed by atoms with van der Waals surface area (Å²) in [5.41, 5.74) is 3.25. The van der Waals surface area contributed by atoms with Crippen LogP contribution in [0.25, 0.3) is 0 Å². The number of methoxy groups -OCH3 is 1. The smallest absolute Gasteiger partial charge is 0.246 e. The first-order valence-corrected chi connectivity index (χ1v) is 13.1. The Bertz CT molecular complexity index is 1060. The molecular formula is C23H28N2O4S2. The van der Waals surface area contributed by atoms with Crippen molar-refractivity contribution < 1.29 is 17.9 Å². The van der Waals surface area contributed by atoms with Gasteiger partial charge in [0.1, 0.15) is 10.6 Å². The first kappa shape index (κ1) is 22.2. The second-order valence-electron chi connectivity index (χ2n) is 7.95. The summed E-state index contributed by atoms with van der Waals surface area (Å²) in [5.74, 6) is 0.382. The number of thioether (sulfide) groups is 1. The van der Waals surface area contributed by atoms with Crippen LogP contribution in [0.2, 0.25) is 0 Å². The lowest BCUT2D eigenvalue weighted by Crippen LogP contribution is -2.35. The number of carbonyl (C=O) groups excluding carboxylic acids is 1. The number of hydrogen-bond donors (Lipinski definition) is 1. The van der Waals surface area contributed by atoms with Gasteiger partial charge in [-0.2, -0.15) is 4.31 Å². The summed E-state index contributed by atoms with van der Waals surface area (Å²) < 4.78 is 33.1. The lowest BCUT2D eigenvalue weighted by molar-refractivity contribution is -0.113. The van der Waals surface area contributed by atoms with E-state index < -0.39 is 10.0 Å². The predicted molar refractivity (Wildman–Crippen MR) is 123 cm³/mol. The van der Waals surface area contributed by atoms with Crippen molar-refractivity contribution in [2.45, 2.75) is 48.3 Å². The molecule has 2 aromatic carbocycles. The van der Waals surface area contributed by atoms with Gasteiger partial charge in [0.15, 0.2) is 0 Å². The fourth-order valence-corrected chi connectivity index (χ4v) is 6.64. The third kappa shape index (κ3) is 5.07. The number of nitrogens with one attached hydrogen (secondary N) is 1. The van der Waals surface area contributed by atoms with Gasteiger partial charge in [0, 0.05) is 23.7 Å². The van der Waals surface area contributed by atoms with E-state index in [-0.39, 0.29) is 22.3 Å². The van der Waals surface area contributed by atoms with Crippen molar-refractivity contribution in [3.63, 3.8) is 0 Å². The number of sulfonamides is 1. The van der Waals surface area contributed by atoms with Crippen LogP contribution in [-0.2, 0) is 27.7 Å². The molecule has 0 bridgehead atoms. The molecule has 1 aliphatic carbocycles. The molecular weight excluding hydrogens is 432 g/mol. The van der Waals surface area contributed by atoms with Crippen LogP contribution in [-0.4, -0.2) is 44.6 Å². The quantitative estimate of drug-likeness (QED) is 0.630. The van der Waals surface area contributed by atoms with Crippen molar-refractivity contribution in [3.8, 4) is 5.75 Å². The van der Waals surface area contributed by atoms with Gasteiger partial charge in [-0.15, -0.1) is 11.8 Å². The molecule has 1 aliphatic heterocycles. The normalized spacial score (nSPS) is 16.7. The molecule has 1 N–H and O–H groups in total. The summed E-state index contributed by atoms with van der Waals surface area (Å²) in [6.45, 7) is 1.03. The number of fused-ring (bicyclic) bond motifs is 1. The van der Waals surface area contributed by atoms with E-state index in [4.69, 9.17) is 4.74 Å². The zero-order valence-corrected chi connectivity index (χ0v) is 19.4. The highest BCUT2D eigenvalue weighted by Crippen LogP contribution is 2.32. The van der Waals surface area contributed by atoms with Gasteiger partial charge in [0.2, 0.25) is 15.9 Å². The fraction of sp³-hybridized carbons (Fsp3) is 0.435. The van der Waals surface area contributed by atoms with Gasteiger partial charge in [0.05, 0.1) is 12.9 Å². The second kappa shape index (κ2) is 9.63. The van der Waals surface area contributed by atoms with Crippen LogP contribution in [0.5, 0.6) is 5.75 Å². The van der Waals surface area contributed by atoms with E-state index in [0.29, 0.717) is 18.8 Å². The molecule has 1 fully saturated rings. The first-order chi connectivity index (χ1) is 15.0. The van der Waals surface area contributed by atoms with E-state index in [1.807, 2.05) is 0 Å². The maximum atomic E-state index is 13.1. The zero-order valence-electron chi connectivity index (χ0n) is 17.7. The summed E-state index contributed by atoms with van der Waals surface area (Å²) in [6.07, 6.45) is 6.21. The van der Waals surface area contributed by atoms with E-state index in [9.17, 15) is 13.2 Å². The highest BCUT2D eigenvalue weighted by atomic mass is 32.2. The monoisotopic (exact) mass is 460 g/mol. The van der Waals surface area contributed by atoms with Crippen LogP contribution in [0.3, 0.4) is 0 Å². The molecule has 0 aromatic heterocycles. The standard InChI is InChI=1S/C23H28N2O4S2/c1-29-21-11-9-19(15-22(21)31(27,28)25-12-3-2-4-13-25)24-23(26)16-30-20-10-8-17-6-5-7-18(17)14-20/h8-11,14-15H,2-7,12-13,16H2,1H3,(H,24,26). The molecule has 31 heavy (non-hydrogen) atoms. The van der Waals surface area contributed by atoms with Crippen molar-refractivity contribution >= 4 is 33.4 Å². The van der Waals surface area contributed by atoms with Gasteiger partial charge in [-0.1, -0.05) is 12.5 Å². The number of amides is 1. The van der Waals surface area contributed by atoms with Gasteiger partial charge < -0.3 is 10.1 Å². The Morgan fingerprint density at radius 1 is 1.03 bits per heavy atom. The SMILES string of the molecule is COc1ccc(NC(=O)CSc2ccc3c(c2)CCC3)cc1S(=O)(=O)N1CCCCC1. The number of piperidine rings is 1. The van der Waals surface area contributed by atoms with Crippen LogP contribution < -0.4 is 10.1 Å². The lowest BCUT2D eigenvalue weighted by Gasteiger charge is -2.26. The number of nitrogens with zero attached hydrogens (tertiary/aromatic N) is 1. The number of hydrogen-bond acceptors (Lipinski definition) is 5. The number of aryl methyl sites for hydroxylation is 2. The van der Waals surface area contributed by atoms with Gasteiger partial charge in [-0.3, -0.25) is 4.79 Å². The summed E-state index contributed by atoms with van der Waals surface area (Å²) in [6, 6.07) is 11.2. The van der Waals surface area contributed by atoms with E-state index >= 15 is 0 Å². The number of ether oxygens (including phenoxy) is 1. The molecule has 2 aliphatic rings. The van der Waals surface area contributed by atoms with Crippen molar-refractivity contribution in [1.29, 1.82) is 0 Å². The maximum absolute atomic E-state index is 13.1. The molecule has 166 valence electrons. The third-order valence-electron chi connectivity index (χ3n) is 5.82. The minimum Gasteiger partial charge on any atom is -0.495 e. The van der Waals surface area contributed by atoms with Crippen LogP contribution in [0.4, 0.5) is 5.69 Å². The molecule has 1 amide bonds. The topological polar surface area (TPSA) is 75.7 Å². The molecule has 0 saturated carbocycles. The predicted octanol–water partition coefficient (Wildman–Crippen LogP) is 4.09. The van der Waals surface area contributed by atoms with Crippen LogP contribution in [0.15, 0.2) is 46.2 Å². The average Bonchev–Trinajstić information content (AvgIpc) is 3.26. The molecule has 0 radical (unpaired) electrons. The van der Waals surface area contributed by atoms with E-state index in [1.54, 1.807) is 12.1 Å². The molecule has 4 rings (SSSR count). The van der Waals surface area contributed by atoms with E-state index in [2.05, 4.69) is 23.5 Å². The maximum Gasteiger partial charge on any atom is 0.246 e. The Morgan fingerprint density at radius 2 is 1.81 bits per heavy atom. The molecule has 6 nitrogen and oxygen atoms in total. The molecule has 1 saturated heterocycles. The van der Waals surface area contributed by atoms with E-state index in [1.165, 1.54) is 46.8 Å². The molecule has 1 heterocycles. The molecule has 0 spiro atoms. The number of anilines is 1. The van der Waals surface area contributed by atoms with Crippen molar-refractivity contribution in [1.82, 2.24) is 4.31 Å². The third-order valence-corrected chi connectivity index (χ3v) is 8.73. The van der Waals surface area contributed by atoms with Crippen molar-refractivity contribution in [2.75, 3.05) is 31.3 Å². The van der Waals surface area contributed by atoms with E-state index in [0.717, 1.165) is 37.0 Å². The first-order valence-electron chi connectivity index (χ1n) is 10.7. The van der Waals surface area contributed by atoms with Crippen LogP contribution >= 0.6 is 11.8 Å². The molecule has 0 unspecified atom stereocenters. The Kier molecular flexibility index (Phi) is 6.89. The Balaban J connectivity index is 1.44. The Hall–Kier alpha value is -2.03. The number of rotatable bonds is 7. The fourth-order valence-electron chi connectivity index (χ4n) is 4.18. The minimum atomic E-state index is -3.67. The van der Waals surface area contributed by atoms with Crippen LogP contribution in [0.1, 0.15) is 36.8 Å². The average molecular weight is 461 g/mol. The van der Waals surface area contributed by atoms with Crippen molar-refractivity contribution in [3.05, 3.63) is 47.5 Å². The van der Waals surface area contributed by atoms with Gasteiger partial charge in [-0.05, 0) is 73.6 Å². The Labute approximate surface area is 188 Å². The largest absolute Gasteiger partial charge is 0.495 e. The molecule has 8 heteroatoms. The molecule has 2 aromatic rings. The Morgan fingerprint density at radius 3 is 2.58 bits per heavy atom. The van der Waals surface area contributed by atoms with Gasteiger partial charge in [-0.25, -0.2) is 8.42 Å². The summed E-state index contributed by atoms with van der Waals surface area (Å²) >= 11 is 1.49. The van der Waals surface area contributed by atoms with Crippen LogP contribution in [0, 0.1) is 0 Å². The highest BCUT2D eigenvalue weighted by Gasteiger charge is 2.29. The number of carbonyl (C=O) groups is 1. The molecule has 0 atom stereocenters. The summed E-state index contributed by atoms with van der Waals surface area (Å²) in [5, 5.41) is 2.83. The van der Waals surface area contributed by atoms with Gasteiger partial charge in [0.25, 0.3) is 0 Å². The summed E-state index contributed by atoms with van der Waals surface area (Å²) in [4.78, 5) is 13.7. The van der Waals surface area contributed by atoms with Crippen molar-refractivity contribution in [2.24, 2.45) is 0 Å². The minimum absolute atomic E-state index is 0.0981. The zero-order chi connectivity index (χ0) is 21.8. The number of benzene rings is 2. The second-order valence-corrected chi connectivity index (χ2v) is 10.9.